The fourth-order valence-corrected chi connectivity index (χ4v) is 2.48. The maximum Gasteiger partial charge on any atom is 0.320 e. The van der Waals surface area contributed by atoms with Crippen molar-refractivity contribution in [2.45, 2.75) is 13.0 Å². The molecule has 3 N–H and O–H groups in total. The molecule has 0 saturated heterocycles. The standard InChI is InChI=1S/C14H12ClN3O2/c1-7-6-10-11(13(19)16-7)12(18-14(20)17-10)8-2-4-9(15)5-3-8/h2-6,12H,1H3,(H,16,19)(H2,17,18,20). The lowest BCUT2D eigenvalue weighted by atomic mass is 9.96. The lowest BCUT2D eigenvalue weighted by Crippen LogP contribution is -2.41. The number of anilines is 1. The van der Waals surface area contributed by atoms with Gasteiger partial charge in [0.05, 0.1) is 17.3 Å². The van der Waals surface area contributed by atoms with Gasteiger partial charge in [-0.2, -0.15) is 0 Å². The highest BCUT2D eigenvalue weighted by Crippen LogP contribution is 2.29. The summed E-state index contributed by atoms with van der Waals surface area (Å²) in [5, 5.41) is 6.02. The van der Waals surface area contributed by atoms with Crippen LogP contribution in [0, 0.1) is 6.92 Å². The summed E-state index contributed by atoms with van der Waals surface area (Å²) in [6, 6.07) is 7.98. The Kier molecular flexibility index (Phi) is 2.99. The highest BCUT2D eigenvalue weighted by molar-refractivity contribution is 6.30. The Labute approximate surface area is 120 Å². The zero-order valence-electron chi connectivity index (χ0n) is 10.7. The first-order valence-corrected chi connectivity index (χ1v) is 6.49. The first-order chi connectivity index (χ1) is 9.54. The van der Waals surface area contributed by atoms with E-state index in [1.54, 1.807) is 37.3 Å². The summed E-state index contributed by atoms with van der Waals surface area (Å²) in [5.41, 5.74) is 2.32. The van der Waals surface area contributed by atoms with Crippen molar-refractivity contribution in [1.29, 1.82) is 0 Å². The summed E-state index contributed by atoms with van der Waals surface area (Å²) in [6.45, 7) is 1.77. The van der Waals surface area contributed by atoms with Crippen LogP contribution < -0.4 is 16.2 Å². The Morgan fingerprint density at radius 3 is 2.55 bits per heavy atom. The third kappa shape index (κ3) is 2.16. The van der Waals surface area contributed by atoms with Crippen LogP contribution in [-0.2, 0) is 0 Å². The summed E-state index contributed by atoms with van der Waals surface area (Å²) in [4.78, 5) is 26.7. The SMILES string of the molecule is Cc1cc2c(c(=O)[nH]1)C(c1ccc(Cl)cc1)NC(=O)N2. The predicted octanol–water partition coefficient (Wildman–Crippen LogP) is 2.56. The number of pyridine rings is 1. The van der Waals surface area contributed by atoms with Gasteiger partial charge >= 0.3 is 6.03 Å². The van der Waals surface area contributed by atoms with Crippen LogP contribution in [0.2, 0.25) is 5.02 Å². The number of aromatic amines is 1. The van der Waals surface area contributed by atoms with E-state index in [1.165, 1.54) is 0 Å². The van der Waals surface area contributed by atoms with Gasteiger partial charge in [0, 0.05) is 10.7 Å². The number of aromatic nitrogens is 1. The third-order valence-corrected chi connectivity index (χ3v) is 3.47. The van der Waals surface area contributed by atoms with Crippen molar-refractivity contribution >= 4 is 23.3 Å². The second-order valence-electron chi connectivity index (χ2n) is 4.69. The van der Waals surface area contributed by atoms with Gasteiger partial charge < -0.3 is 15.6 Å². The Morgan fingerprint density at radius 1 is 1.15 bits per heavy atom. The number of amides is 2. The van der Waals surface area contributed by atoms with Crippen LogP contribution >= 0.6 is 11.6 Å². The van der Waals surface area contributed by atoms with E-state index in [1.807, 2.05) is 0 Å². The molecule has 0 radical (unpaired) electrons. The number of aryl methyl sites for hydroxylation is 1. The van der Waals surface area contributed by atoms with Gasteiger partial charge in [-0.25, -0.2) is 4.79 Å². The molecule has 6 heteroatoms. The molecular weight excluding hydrogens is 278 g/mol. The molecule has 0 saturated carbocycles. The molecule has 5 nitrogen and oxygen atoms in total. The van der Waals surface area contributed by atoms with Crippen LogP contribution in [0.3, 0.4) is 0 Å². The summed E-state index contributed by atoms with van der Waals surface area (Å²) in [5.74, 6) is 0. The van der Waals surface area contributed by atoms with E-state index in [2.05, 4.69) is 15.6 Å². The molecule has 1 aliphatic rings. The molecule has 102 valence electrons. The first kappa shape index (κ1) is 12.7. The Balaban J connectivity index is 2.17. The van der Waals surface area contributed by atoms with Gasteiger partial charge in [0.2, 0.25) is 0 Å². The van der Waals surface area contributed by atoms with E-state index in [4.69, 9.17) is 11.6 Å². The van der Waals surface area contributed by atoms with Crippen LogP contribution in [0.15, 0.2) is 35.1 Å². The molecule has 20 heavy (non-hydrogen) atoms. The number of nitrogens with one attached hydrogen (secondary N) is 3. The van der Waals surface area contributed by atoms with Crippen molar-refractivity contribution in [2.24, 2.45) is 0 Å². The van der Waals surface area contributed by atoms with Crippen molar-refractivity contribution in [3.63, 3.8) is 0 Å². The monoisotopic (exact) mass is 289 g/mol. The summed E-state index contributed by atoms with van der Waals surface area (Å²) in [7, 11) is 0. The van der Waals surface area contributed by atoms with E-state index >= 15 is 0 Å². The molecule has 1 aromatic carbocycles. The van der Waals surface area contributed by atoms with E-state index < -0.39 is 6.04 Å². The van der Waals surface area contributed by atoms with E-state index in [0.717, 1.165) is 5.56 Å². The fraction of sp³-hybridized carbons (Fsp3) is 0.143. The number of hydrogen-bond donors (Lipinski definition) is 3. The molecular formula is C14H12ClN3O2. The van der Waals surface area contributed by atoms with Crippen molar-refractivity contribution < 1.29 is 4.79 Å². The number of H-pyrrole nitrogens is 1. The summed E-state index contributed by atoms with van der Waals surface area (Å²) >= 11 is 5.86. The van der Waals surface area contributed by atoms with E-state index in [9.17, 15) is 9.59 Å². The molecule has 0 bridgehead atoms. The zero-order valence-corrected chi connectivity index (χ0v) is 11.4. The molecule has 0 aliphatic carbocycles. The molecule has 1 atom stereocenters. The number of hydrogen-bond acceptors (Lipinski definition) is 2. The van der Waals surface area contributed by atoms with Crippen molar-refractivity contribution in [3.8, 4) is 0 Å². The summed E-state index contributed by atoms with van der Waals surface area (Å²) in [6.07, 6.45) is 0. The van der Waals surface area contributed by atoms with E-state index in [0.29, 0.717) is 22.0 Å². The van der Waals surface area contributed by atoms with Gasteiger partial charge in [0.1, 0.15) is 0 Å². The highest BCUT2D eigenvalue weighted by Gasteiger charge is 2.28. The number of urea groups is 1. The molecule has 2 aromatic rings. The maximum atomic E-state index is 12.2. The number of carbonyl (C=O) groups is 1. The molecule has 2 amide bonds. The lowest BCUT2D eigenvalue weighted by molar-refractivity contribution is 0.249. The molecule has 0 spiro atoms. The van der Waals surface area contributed by atoms with Crippen LogP contribution in [0.4, 0.5) is 10.5 Å². The van der Waals surface area contributed by atoms with Gasteiger partial charge in [-0.15, -0.1) is 0 Å². The minimum atomic E-state index is -0.486. The average Bonchev–Trinajstić information content (AvgIpc) is 2.37. The number of carbonyl (C=O) groups excluding carboxylic acids is 1. The van der Waals surface area contributed by atoms with Gasteiger partial charge in [-0.05, 0) is 30.7 Å². The smallest absolute Gasteiger partial charge is 0.320 e. The molecule has 3 rings (SSSR count). The molecule has 0 fully saturated rings. The molecule has 2 heterocycles. The van der Waals surface area contributed by atoms with Crippen LogP contribution in [0.5, 0.6) is 0 Å². The minimum absolute atomic E-state index is 0.215. The highest BCUT2D eigenvalue weighted by atomic mass is 35.5. The molecule has 1 aliphatic heterocycles. The predicted molar refractivity (Wildman–Crippen MR) is 77.2 cm³/mol. The van der Waals surface area contributed by atoms with Crippen LogP contribution in [-0.4, -0.2) is 11.0 Å². The quantitative estimate of drug-likeness (QED) is 0.755. The zero-order chi connectivity index (χ0) is 14.3. The number of fused-ring (bicyclic) bond motifs is 1. The van der Waals surface area contributed by atoms with Gasteiger partial charge in [-0.1, -0.05) is 23.7 Å². The van der Waals surface area contributed by atoms with Gasteiger partial charge in [0.25, 0.3) is 5.56 Å². The molecule has 1 unspecified atom stereocenters. The van der Waals surface area contributed by atoms with Gasteiger partial charge in [0.15, 0.2) is 0 Å². The Bertz CT molecular complexity index is 737. The fourth-order valence-electron chi connectivity index (χ4n) is 2.36. The second kappa shape index (κ2) is 4.68. The number of halogens is 1. The van der Waals surface area contributed by atoms with Crippen molar-refractivity contribution in [3.05, 3.63) is 62.5 Å². The first-order valence-electron chi connectivity index (χ1n) is 6.11. The second-order valence-corrected chi connectivity index (χ2v) is 5.13. The normalized spacial score (nSPS) is 17.1. The van der Waals surface area contributed by atoms with Crippen LogP contribution in [0.1, 0.15) is 22.9 Å². The van der Waals surface area contributed by atoms with Crippen molar-refractivity contribution in [2.75, 3.05) is 5.32 Å². The number of rotatable bonds is 1. The van der Waals surface area contributed by atoms with Crippen molar-refractivity contribution in [1.82, 2.24) is 10.3 Å². The minimum Gasteiger partial charge on any atom is -0.327 e. The summed E-state index contributed by atoms with van der Waals surface area (Å²) < 4.78 is 0. The van der Waals surface area contributed by atoms with Gasteiger partial charge in [-0.3, -0.25) is 4.79 Å². The van der Waals surface area contributed by atoms with Crippen LogP contribution in [0.25, 0.3) is 0 Å². The maximum absolute atomic E-state index is 12.2. The average molecular weight is 290 g/mol. The third-order valence-electron chi connectivity index (χ3n) is 3.22. The van der Waals surface area contributed by atoms with E-state index in [-0.39, 0.29) is 11.6 Å². The molecule has 1 aromatic heterocycles. The Hall–Kier alpha value is -2.27. The Morgan fingerprint density at radius 2 is 1.85 bits per heavy atom. The number of benzene rings is 1. The largest absolute Gasteiger partial charge is 0.327 e. The topological polar surface area (TPSA) is 74.0 Å². The lowest BCUT2D eigenvalue weighted by Gasteiger charge is -2.27.